The first-order valence-electron chi connectivity index (χ1n) is 6.43. The smallest absolute Gasteiger partial charge is 0.311 e. The number of ether oxygens (including phenoxy) is 2. The molecule has 1 rings (SSSR count). The summed E-state index contributed by atoms with van der Waals surface area (Å²) in [5, 5.41) is 14.3. The lowest BCUT2D eigenvalue weighted by Gasteiger charge is -2.11. The summed E-state index contributed by atoms with van der Waals surface area (Å²) in [6, 6.07) is 4.25. The number of benzene rings is 1. The summed E-state index contributed by atoms with van der Waals surface area (Å²) in [4.78, 5) is 22.5. The first-order chi connectivity index (χ1) is 10.1. The van der Waals surface area contributed by atoms with Crippen LogP contribution in [0.3, 0.4) is 0 Å². The fourth-order valence-corrected chi connectivity index (χ4v) is 1.86. The summed E-state index contributed by atoms with van der Waals surface area (Å²) in [6.07, 6.45) is 0. The Morgan fingerprint density at radius 3 is 2.81 bits per heavy atom. The third kappa shape index (κ3) is 5.31. The summed E-state index contributed by atoms with van der Waals surface area (Å²) < 4.78 is 10.5. The molecular formula is C13H17BrN2O5. The zero-order valence-corrected chi connectivity index (χ0v) is 13.2. The Balaban J connectivity index is 2.78. The monoisotopic (exact) mass is 360 g/mol. The largest absolute Gasteiger partial charge is 0.487 e. The maximum Gasteiger partial charge on any atom is 0.311 e. The first kappa shape index (κ1) is 17.4. The highest BCUT2D eigenvalue weighted by atomic mass is 79.9. The number of hydrogen-bond acceptors (Lipinski definition) is 5. The van der Waals surface area contributed by atoms with Crippen molar-refractivity contribution in [3.05, 3.63) is 33.9 Å². The van der Waals surface area contributed by atoms with Crippen molar-refractivity contribution in [2.45, 2.75) is 6.92 Å². The summed E-state index contributed by atoms with van der Waals surface area (Å²) in [5.74, 6) is -0.437. The van der Waals surface area contributed by atoms with Gasteiger partial charge >= 0.3 is 5.69 Å². The van der Waals surface area contributed by atoms with Gasteiger partial charge in [-0.25, -0.2) is 0 Å². The number of nitrogens with zero attached hydrogens (tertiary/aromatic N) is 1. The molecule has 21 heavy (non-hydrogen) atoms. The normalized spacial score (nSPS) is 10.2. The zero-order valence-electron chi connectivity index (χ0n) is 11.6. The fourth-order valence-electron chi connectivity index (χ4n) is 1.63. The Kier molecular flexibility index (Phi) is 7.70. The molecule has 0 heterocycles. The Morgan fingerprint density at radius 1 is 1.43 bits per heavy atom. The number of para-hydroxylation sites is 1. The second-order valence-electron chi connectivity index (χ2n) is 3.90. The number of amides is 1. The van der Waals surface area contributed by atoms with Crippen LogP contribution in [0.25, 0.3) is 0 Å². The molecule has 0 radical (unpaired) electrons. The number of rotatable bonds is 9. The molecule has 1 aromatic rings. The average molecular weight is 361 g/mol. The van der Waals surface area contributed by atoms with E-state index in [1.165, 1.54) is 18.2 Å². The number of carbonyl (C=O) groups excluding carboxylic acids is 1. The minimum atomic E-state index is -0.569. The Labute approximate surface area is 130 Å². The lowest BCUT2D eigenvalue weighted by molar-refractivity contribution is -0.385. The topological polar surface area (TPSA) is 90.7 Å². The second kappa shape index (κ2) is 9.30. The molecular weight excluding hydrogens is 344 g/mol. The predicted octanol–water partition coefficient (Wildman–Crippen LogP) is 2.13. The van der Waals surface area contributed by atoms with Crippen LogP contribution in [0.15, 0.2) is 18.2 Å². The molecule has 0 bridgehead atoms. The van der Waals surface area contributed by atoms with Gasteiger partial charge < -0.3 is 14.8 Å². The summed E-state index contributed by atoms with van der Waals surface area (Å²) >= 11 is 3.22. The Hall–Kier alpha value is -1.67. The van der Waals surface area contributed by atoms with Crippen LogP contribution in [0.1, 0.15) is 17.3 Å². The van der Waals surface area contributed by atoms with Crippen LogP contribution in [0.4, 0.5) is 5.69 Å². The predicted molar refractivity (Wildman–Crippen MR) is 81.2 cm³/mol. The number of hydrogen-bond donors (Lipinski definition) is 1. The molecule has 0 aliphatic rings. The maximum atomic E-state index is 12.1. The van der Waals surface area contributed by atoms with E-state index in [1.54, 1.807) is 6.92 Å². The van der Waals surface area contributed by atoms with Gasteiger partial charge in [0.2, 0.25) is 5.75 Å². The van der Waals surface area contributed by atoms with Crippen molar-refractivity contribution in [3.8, 4) is 5.75 Å². The number of alkyl halides is 1. The molecule has 0 saturated carbocycles. The summed E-state index contributed by atoms with van der Waals surface area (Å²) in [6.45, 7) is 3.18. The molecule has 116 valence electrons. The quantitative estimate of drug-likeness (QED) is 0.315. The molecule has 0 saturated heterocycles. The van der Waals surface area contributed by atoms with E-state index in [-0.39, 0.29) is 23.6 Å². The van der Waals surface area contributed by atoms with Gasteiger partial charge in [-0.3, -0.25) is 14.9 Å². The van der Waals surface area contributed by atoms with Gasteiger partial charge in [0, 0.05) is 17.9 Å². The third-order valence-corrected chi connectivity index (χ3v) is 2.80. The fraction of sp³-hybridized carbons (Fsp3) is 0.462. The summed E-state index contributed by atoms with van der Waals surface area (Å²) in [5.41, 5.74) is -0.0772. The number of halogens is 1. The van der Waals surface area contributed by atoms with E-state index in [2.05, 4.69) is 21.2 Å². The molecule has 1 aromatic carbocycles. The standard InChI is InChI=1S/C13H17BrN2O5/c1-2-21-12-10(4-3-5-11(12)16(18)19)13(17)15-7-9-20-8-6-14/h3-5H,2,6-9H2,1H3,(H,15,17). The van der Waals surface area contributed by atoms with E-state index in [1.807, 2.05) is 0 Å². The molecule has 0 aliphatic carbocycles. The molecule has 0 unspecified atom stereocenters. The van der Waals surface area contributed by atoms with E-state index in [0.29, 0.717) is 19.8 Å². The van der Waals surface area contributed by atoms with Crippen LogP contribution in [0.2, 0.25) is 0 Å². The Bertz CT molecular complexity index is 495. The van der Waals surface area contributed by atoms with Gasteiger partial charge in [-0.05, 0) is 13.0 Å². The van der Waals surface area contributed by atoms with Crippen LogP contribution in [-0.4, -0.2) is 42.5 Å². The molecule has 0 fully saturated rings. The number of carbonyl (C=O) groups is 1. The summed E-state index contributed by atoms with van der Waals surface area (Å²) in [7, 11) is 0. The maximum absolute atomic E-state index is 12.1. The molecule has 0 atom stereocenters. The van der Waals surface area contributed by atoms with Crippen LogP contribution in [0, 0.1) is 10.1 Å². The van der Waals surface area contributed by atoms with Gasteiger partial charge in [-0.15, -0.1) is 0 Å². The lowest BCUT2D eigenvalue weighted by Crippen LogP contribution is -2.28. The highest BCUT2D eigenvalue weighted by molar-refractivity contribution is 9.09. The minimum Gasteiger partial charge on any atom is -0.487 e. The SMILES string of the molecule is CCOc1c(C(=O)NCCOCCBr)cccc1[N+](=O)[O-]. The molecule has 8 heteroatoms. The van der Waals surface area contributed by atoms with Crippen molar-refractivity contribution >= 4 is 27.5 Å². The average Bonchev–Trinajstić information content (AvgIpc) is 2.47. The molecule has 0 aromatic heterocycles. The second-order valence-corrected chi connectivity index (χ2v) is 4.69. The molecule has 7 nitrogen and oxygen atoms in total. The highest BCUT2D eigenvalue weighted by Crippen LogP contribution is 2.30. The van der Waals surface area contributed by atoms with Crippen LogP contribution < -0.4 is 10.1 Å². The van der Waals surface area contributed by atoms with E-state index in [0.717, 1.165) is 5.33 Å². The zero-order chi connectivity index (χ0) is 15.7. The van der Waals surface area contributed by atoms with Crippen LogP contribution in [-0.2, 0) is 4.74 Å². The third-order valence-electron chi connectivity index (χ3n) is 2.48. The van der Waals surface area contributed by atoms with Crippen molar-refractivity contribution in [2.24, 2.45) is 0 Å². The van der Waals surface area contributed by atoms with Crippen molar-refractivity contribution in [3.63, 3.8) is 0 Å². The minimum absolute atomic E-state index is 0.0103. The molecule has 1 amide bonds. The molecule has 0 aliphatic heterocycles. The van der Waals surface area contributed by atoms with E-state index < -0.39 is 10.8 Å². The van der Waals surface area contributed by atoms with E-state index >= 15 is 0 Å². The lowest BCUT2D eigenvalue weighted by atomic mass is 10.1. The van der Waals surface area contributed by atoms with E-state index in [4.69, 9.17) is 9.47 Å². The number of nitro benzene ring substituents is 1. The van der Waals surface area contributed by atoms with E-state index in [9.17, 15) is 14.9 Å². The van der Waals surface area contributed by atoms with Crippen LogP contribution in [0.5, 0.6) is 5.75 Å². The van der Waals surface area contributed by atoms with Gasteiger partial charge in [0.15, 0.2) is 0 Å². The van der Waals surface area contributed by atoms with Gasteiger partial charge in [0.1, 0.15) is 0 Å². The number of nitro groups is 1. The molecule has 0 spiro atoms. The molecule has 1 N–H and O–H groups in total. The van der Waals surface area contributed by atoms with Crippen LogP contribution >= 0.6 is 15.9 Å². The van der Waals surface area contributed by atoms with Gasteiger partial charge in [-0.2, -0.15) is 0 Å². The highest BCUT2D eigenvalue weighted by Gasteiger charge is 2.22. The van der Waals surface area contributed by atoms with Gasteiger partial charge in [0.05, 0.1) is 30.3 Å². The van der Waals surface area contributed by atoms with Crippen molar-refractivity contribution in [1.29, 1.82) is 0 Å². The van der Waals surface area contributed by atoms with Crippen molar-refractivity contribution in [2.75, 3.05) is 31.7 Å². The van der Waals surface area contributed by atoms with Gasteiger partial charge in [-0.1, -0.05) is 22.0 Å². The van der Waals surface area contributed by atoms with Gasteiger partial charge in [0.25, 0.3) is 5.91 Å². The number of nitrogens with one attached hydrogen (secondary N) is 1. The van der Waals surface area contributed by atoms with Crippen molar-refractivity contribution in [1.82, 2.24) is 5.32 Å². The first-order valence-corrected chi connectivity index (χ1v) is 7.56. The Morgan fingerprint density at radius 2 is 2.19 bits per heavy atom. The van der Waals surface area contributed by atoms with Crippen molar-refractivity contribution < 1.29 is 19.2 Å².